The summed E-state index contributed by atoms with van der Waals surface area (Å²) in [5.74, 6) is -0.862. The van der Waals surface area contributed by atoms with Crippen LogP contribution >= 0.6 is 11.6 Å². The van der Waals surface area contributed by atoms with Crippen molar-refractivity contribution >= 4 is 38.7 Å². The summed E-state index contributed by atoms with van der Waals surface area (Å²) < 4.78 is 37.5. The Morgan fingerprint density at radius 3 is 2.62 bits per heavy atom. The van der Waals surface area contributed by atoms with E-state index in [1.54, 1.807) is 24.3 Å². The topological polar surface area (TPSA) is 66.5 Å². The van der Waals surface area contributed by atoms with Crippen molar-refractivity contribution in [2.75, 3.05) is 28.3 Å². The van der Waals surface area contributed by atoms with Crippen LogP contribution in [0.4, 0.5) is 15.8 Å². The van der Waals surface area contributed by atoms with Crippen LogP contribution in [-0.2, 0) is 14.6 Å². The maximum absolute atomic E-state index is 13.8. The Morgan fingerprint density at radius 2 is 1.96 bits per heavy atom. The highest BCUT2D eigenvalue weighted by Crippen LogP contribution is 2.25. The molecular weight excluding hydrogens is 379 g/mol. The monoisotopic (exact) mass is 396 g/mol. The van der Waals surface area contributed by atoms with E-state index in [4.69, 9.17) is 11.6 Å². The summed E-state index contributed by atoms with van der Waals surface area (Å²) in [5, 5.41) is 3.10. The average molecular weight is 397 g/mol. The highest BCUT2D eigenvalue weighted by Gasteiger charge is 2.35. The first-order chi connectivity index (χ1) is 12.4. The van der Waals surface area contributed by atoms with Gasteiger partial charge in [0.25, 0.3) is 0 Å². The molecule has 8 heteroatoms. The fourth-order valence-electron chi connectivity index (χ4n) is 3.02. The van der Waals surface area contributed by atoms with E-state index in [0.29, 0.717) is 17.1 Å². The maximum Gasteiger partial charge on any atom is 0.246 e. The minimum Gasteiger partial charge on any atom is -0.374 e. The third-order valence-electron chi connectivity index (χ3n) is 4.24. The molecule has 3 rings (SSSR count). The van der Waals surface area contributed by atoms with Crippen molar-refractivity contribution in [3.05, 3.63) is 59.4 Å². The highest BCUT2D eigenvalue weighted by atomic mass is 35.5. The van der Waals surface area contributed by atoms with Crippen LogP contribution in [0.15, 0.2) is 48.5 Å². The molecule has 5 nitrogen and oxygen atoms in total. The molecule has 2 aromatic carbocycles. The standard InChI is InChI=1S/C18H18ClFN2O3S/c19-13-6-7-16(20)17(10-13)21-11-18(23)22(14-4-2-1-3-5-14)15-8-9-26(24,25)12-15/h1-7,10,15,21H,8-9,11-12H2. The van der Waals surface area contributed by atoms with Crippen molar-refractivity contribution in [2.45, 2.75) is 12.5 Å². The summed E-state index contributed by atoms with van der Waals surface area (Å²) in [6.07, 6.45) is 0.383. The Morgan fingerprint density at radius 1 is 1.23 bits per heavy atom. The number of carbonyl (C=O) groups is 1. The van der Waals surface area contributed by atoms with Crippen molar-refractivity contribution < 1.29 is 17.6 Å². The Balaban J connectivity index is 1.80. The van der Waals surface area contributed by atoms with E-state index >= 15 is 0 Å². The lowest BCUT2D eigenvalue weighted by Crippen LogP contribution is -2.44. The van der Waals surface area contributed by atoms with Crippen LogP contribution in [0.5, 0.6) is 0 Å². The molecule has 1 heterocycles. The Hall–Kier alpha value is -2.12. The number of hydrogen-bond donors (Lipinski definition) is 1. The van der Waals surface area contributed by atoms with E-state index < -0.39 is 21.7 Å². The predicted octanol–water partition coefficient (Wildman–Crippen LogP) is 3.11. The molecule has 0 aromatic heterocycles. The van der Waals surface area contributed by atoms with Gasteiger partial charge in [-0.3, -0.25) is 4.79 Å². The van der Waals surface area contributed by atoms with Gasteiger partial charge in [-0.05, 0) is 36.8 Å². The van der Waals surface area contributed by atoms with Gasteiger partial charge in [-0.2, -0.15) is 0 Å². The smallest absolute Gasteiger partial charge is 0.246 e. The number of sulfone groups is 1. The second-order valence-corrected chi connectivity index (χ2v) is 8.80. The van der Waals surface area contributed by atoms with Gasteiger partial charge in [0.2, 0.25) is 5.91 Å². The van der Waals surface area contributed by atoms with Crippen molar-refractivity contribution in [3.8, 4) is 0 Å². The number of halogens is 2. The zero-order valence-corrected chi connectivity index (χ0v) is 15.4. The molecule has 2 aromatic rings. The molecule has 0 radical (unpaired) electrons. The number of anilines is 2. The summed E-state index contributed by atoms with van der Waals surface area (Å²) in [6.45, 7) is -0.178. The number of nitrogens with zero attached hydrogens (tertiary/aromatic N) is 1. The lowest BCUT2D eigenvalue weighted by atomic mass is 10.1. The van der Waals surface area contributed by atoms with Gasteiger partial charge in [0.1, 0.15) is 5.82 Å². The van der Waals surface area contributed by atoms with Gasteiger partial charge < -0.3 is 10.2 Å². The number of para-hydroxylation sites is 1. The van der Waals surface area contributed by atoms with Crippen LogP contribution < -0.4 is 10.2 Å². The van der Waals surface area contributed by atoms with Gasteiger partial charge >= 0.3 is 0 Å². The molecular formula is C18H18ClFN2O3S. The van der Waals surface area contributed by atoms with Crippen LogP contribution in [-0.4, -0.2) is 38.4 Å². The van der Waals surface area contributed by atoms with Crippen LogP contribution in [0.1, 0.15) is 6.42 Å². The van der Waals surface area contributed by atoms with E-state index in [0.717, 1.165) is 0 Å². The van der Waals surface area contributed by atoms with E-state index in [9.17, 15) is 17.6 Å². The molecule has 0 bridgehead atoms. The fourth-order valence-corrected chi connectivity index (χ4v) is 4.89. The summed E-state index contributed by atoms with van der Waals surface area (Å²) in [7, 11) is -3.15. The van der Waals surface area contributed by atoms with E-state index in [1.807, 2.05) is 6.07 Å². The van der Waals surface area contributed by atoms with Crippen LogP contribution in [0.2, 0.25) is 5.02 Å². The Kier molecular flexibility index (Phi) is 5.48. The highest BCUT2D eigenvalue weighted by molar-refractivity contribution is 7.91. The second kappa shape index (κ2) is 7.63. The van der Waals surface area contributed by atoms with Gasteiger partial charge in [0.05, 0.1) is 29.8 Å². The lowest BCUT2D eigenvalue weighted by molar-refractivity contribution is -0.117. The molecule has 1 N–H and O–H groups in total. The Labute approximate surface area is 156 Å². The summed E-state index contributed by atoms with van der Waals surface area (Å²) in [4.78, 5) is 14.3. The largest absolute Gasteiger partial charge is 0.374 e. The molecule has 1 aliphatic heterocycles. The number of nitrogens with one attached hydrogen (secondary N) is 1. The number of rotatable bonds is 5. The van der Waals surface area contributed by atoms with E-state index in [2.05, 4.69) is 5.32 Å². The second-order valence-electron chi connectivity index (χ2n) is 6.13. The fraction of sp³-hybridized carbons (Fsp3) is 0.278. The third kappa shape index (κ3) is 4.34. The van der Waals surface area contributed by atoms with E-state index in [1.165, 1.54) is 23.1 Å². The zero-order chi connectivity index (χ0) is 18.7. The SMILES string of the molecule is O=C(CNc1cc(Cl)ccc1F)N(c1ccccc1)C1CCS(=O)(=O)C1. The Bertz CT molecular complexity index is 906. The van der Waals surface area contributed by atoms with Gasteiger partial charge in [-0.15, -0.1) is 0 Å². The quantitative estimate of drug-likeness (QED) is 0.843. The first kappa shape index (κ1) is 18.7. The van der Waals surface area contributed by atoms with E-state index in [-0.39, 0.29) is 29.6 Å². The van der Waals surface area contributed by atoms with Crippen molar-refractivity contribution in [2.24, 2.45) is 0 Å². The molecule has 1 atom stereocenters. The molecule has 1 saturated heterocycles. The number of benzene rings is 2. The molecule has 1 fully saturated rings. The van der Waals surface area contributed by atoms with Crippen LogP contribution in [0.25, 0.3) is 0 Å². The normalized spacial score (nSPS) is 18.5. The number of carbonyl (C=O) groups excluding carboxylic acids is 1. The number of amides is 1. The molecule has 26 heavy (non-hydrogen) atoms. The molecule has 0 aliphatic carbocycles. The van der Waals surface area contributed by atoms with Gasteiger partial charge in [-0.1, -0.05) is 29.8 Å². The van der Waals surface area contributed by atoms with Crippen LogP contribution in [0, 0.1) is 5.82 Å². The molecule has 1 amide bonds. The minimum absolute atomic E-state index is 0.0601. The number of hydrogen-bond acceptors (Lipinski definition) is 4. The first-order valence-electron chi connectivity index (χ1n) is 8.12. The molecule has 138 valence electrons. The molecule has 0 spiro atoms. The summed E-state index contributed by atoms with van der Waals surface area (Å²) in [5.41, 5.74) is 0.742. The first-order valence-corrected chi connectivity index (χ1v) is 10.3. The lowest BCUT2D eigenvalue weighted by Gasteiger charge is -2.28. The van der Waals surface area contributed by atoms with Gasteiger partial charge in [0.15, 0.2) is 9.84 Å². The zero-order valence-electron chi connectivity index (χ0n) is 13.9. The van der Waals surface area contributed by atoms with Gasteiger partial charge in [-0.25, -0.2) is 12.8 Å². The van der Waals surface area contributed by atoms with Crippen molar-refractivity contribution in [1.29, 1.82) is 0 Å². The van der Waals surface area contributed by atoms with Gasteiger partial charge in [0, 0.05) is 10.7 Å². The van der Waals surface area contributed by atoms with Crippen molar-refractivity contribution in [3.63, 3.8) is 0 Å². The summed E-state index contributed by atoms with van der Waals surface area (Å²) >= 11 is 5.86. The van der Waals surface area contributed by atoms with Crippen LogP contribution in [0.3, 0.4) is 0 Å². The third-order valence-corrected chi connectivity index (χ3v) is 6.22. The molecule has 0 saturated carbocycles. The average Bonchev–Trinajstić information content (AvgIpc) is 2.96. The molecule has 1 aliphatic rings. The van der Waals surface area contributed by atoms with Crippen molar-refractivity contribution in [1.82, 2.24) is 0 Å². The minimum atomic E-state index is -3.15. The molecule has 1 unspecified atom stereocenters. The maximum atomic E-state index is 13.8. The summed E-state index contributed by atoms with van der Waals surface area (Å²) in [6, 6.07) is 12.5. The predicted molar refractivity (Wildman–Crippen MR) is 101 cm³/mol.